The van der Waals surface area contributed by atoms with Crippen LogP contribution in [0.1, 0.15) is 74.7 Å². The van der Waals surface area contributed by atoms with Gasteiger partial charge in [0, 0.05) is 0 Å². The zero-order valence-corrected chi connectivity index (χ0v) is 21.5. The van der Waals surface area contributed by atoms with Crippen molar-refractivity contribution in [1.82, 2.24) is 0 Å². The minimum absolute atomic E-state index is 0.103. The van der Waals surface area contributed by atoms with Gasteiger partial charge in [0.25, 0.3) is 0 Å². The first-order valence-corrected chi connectivity index (χ1v) is 11.6. The Morgan fingerprint density at radius 3 is 1.78 bits per heavy atom. The van der Waals surface area contributed by atoms with Crippen molar-refractivity contribution in [2.45, 2.75) is 74.7 Å². The summed E-state index contributed by atoms with van der Waals surface area (Å²) in [4.78, 5) is 11.2. The van der Waals surface area contributed by atoms with Crippen molar-refractivity contribution >= 4 is 5.78 Å². The molecular weight excluding hydrogens is 388 g/mol. The Morgan fingerprint density at radius 2 is 1.25 bits per heavy atom. The lowest BCUT2D eigenvalue weighted by Gasteiger charge is -2.32. The molecule has 0 bridgehead atoms. The summed E-state index contributed by atoms with van der Waals surface area (Å²) < 4.78 is 0. The number of hydrogen-bond donors (Lipinski definition) is 0. The minimum atomic E-state index is 0.103. The second-order valence-electron chi connectivity index (χ2n) is 9.51. The van der Waals surface area contributed by atoms with E-state index in [2.05, 4.69) is 77.2 Å². The van der Waals surface area contributed by atoms with Crippen LogP contribution in [0.15, 0.2) is 106 Å². The fourth-order valence-corrected chi connectivity index (χ4v) is 3.62. The van der Waals surface area contributed by atoms with E-state index in [9.17, 15) is 4.79 Å². The van der Waals surface area contributed by atoms with E-state index in [0.717, 1.165) is 11.1 Å². The van der Waals surface area contributed by atoms with Gasteiger partial charge in [0.2, 0.25) is 0 Å². The van der Waals surface area contributed by atoms with Gasteiger partial charge in [-0.3, -0.25) is 4.79 Å². The molecule has 172 valence electrons. The zero-order chi connectivity index (χ0) is 24.1. The van der Waals surface area contributed by atoms with Crippen LogP contribution in [0.25, 0.3) is 0 Å². The van der Waals surface area contributed by atoms with Crippen LogP contribution in [0.4, 0.5) is 0 Å². The van der Waals surface area contributed by atoms with Crippen LogP contribution < -0.4 is 0 Å². The van der Waals surface area contributed by atoms with Gasteiger partial charge in [0.05, 0.1) is 0 Å². The summed E-state index contributed by atoms with van der Waals surface area (Å²) in [5, 5.41) is 0. The molecule has 1 rings (SSSR count). The van der Waals surface area contributed by atoms with Gasteiger partial charge in [-0.1, -0.05) is 109 Å². The molecule has 0 aromatic rings. The van der Waals surface area contributed by atoms with Crippen LogP contribution in [0.5, 0.6) is 0 Å². The average Bonchev–Trinajstić information content (AvgIpc) is 2.70. The standard InChI is InChI=1S/C31H42O/c1-24(14-9-10-15-25(2)18-12-19-27(4)29(6)32)16-11-17-26(3)21-22-30-28(5)20-13-23-31(30,7)8/h9-12,14-19,21-22H,13,20,23H2,1-8H3/b10-9-,16-11+,18-12+,22-21+,24-14+,25-15+,26-17-,27-19+. The number of rotatable bonds is 9. The Balaban J connectivity index is 2.65. The van der Waals surface area contributed by atoms with E-state index in [-0.39, 0.29) is 11.2 Å². The van der Waals surface area contributed by atoms with Crippen molar-refractivity contribution < 1.29 is 4.79 Å². The minimum Gasteiger partial charge on any atom is -0.295 e. The van der Waals surface area contributed by atoms with Crippen LogP contribution in [0, 0.1) is 5.41 Å². The molecule has 0 atom stereocenters. The van der Waals surface area contributed by atoms with Gasteiger partial charge in [-0.15, -0.1) is 0 Å². The molecular formula is C31H42O. The van der Waals surface area contributed by atoms with Crippen molar-refractivity contribution in [2.75, 3.05) is 0 Å². The summed E-state index contributed by atoms with van der Waals surface area (Å²) in [6.07, 6.45) is 28.7. The van der Waals surface area contributed by atoms with Crippen LogP contribution in [0.2, 0.25) is 0 Å². The summed E-state index contributed by atoms with van der Waals surface area (Å²) in [5.41, 5.74) is 7.67. The largest absolute Gasteiger partial charge is 0.295 e. The normalized spacial score (nSPS) is 19.4. The molecule has 0 fully saturated rings. The number of carbonyl (C=O) groups excluding carboxylic acids is 1. The Morgan fingerprint density at radius 1 is 0.750 bits per heavy atom. The molecule has 0 N–H and O–H groups in total. The fourth-order valence-electron chi connectivity index (χ4n) is 3.62. The second-order valence-corrected chi connectivity index (χ2v) is 9.51. The predicted molar refractivity (Wildman–Crippen MR) is 143 cm³/mol. The Hall–Kier alpha value is -2.67. The van der Waals surface area contributed by atoms with Crippen LogP contribution in [0.3, 0.4) is 0 Å². The smallest absolute Gasteiger partial charge is 0.155 e. The maximum Gasteiger partial charge on any atom is 0.155 e. The summed E-state index contributed by atoms with van der Waals surface area (Å²) in [7, 11) is 0. The predicted octanol–water partition coefficient (Wildman–Crippen LogP) is 9.11. The number of Topliss-reactive ketones (excluding diaryl/α,β-unsaturated/α-hetero) is 1. The molecule has 0 spiro atoms. The molecule has 0 aliphatic heterocycles. The van der Waals surface area contributed by atoms with Gasteiger partial charge < -0.3 is 0 Å². The number of carbonyl (C=O) groups is 1. The van der Waals surface area contributed by atoms with E-state index >= 15 is 0 Å². The highest BCUT2D eigenvalue weighted by Crippen LogP contribution is 2.40. The number of hydrogen-bond acceptors (Lipinski definition) is 1. The maximum atomic E-state index is 11.2. The van der Waals surface area contributed by atoms with Crippen molar-refractivity contribution in [1.29, 1.82) is 0 Å². The quantitative estimate of drug-likeness (QED) is 0.263. The van der Waals surface area contributed by atoms with E-state index in [4.69, 9.17) is 0 Å². The molecule has 1 heteroatoms. The summed E-state index contributed by atoms with van der Waals surface area (Å²) in [6, 6.07) is 0. The zero-order valence-electron chi connectivity index (χ0n) is 21.5. The SMILES string of the molecule is CC(=O)/C(C)=C/C=C/C(C)=C/C=C\C=C(C)\C=C\C=C(C)/C=C/C1=C(C)CCCC1(C)C. The average molecular weight is 431 g/mol. The molecule has 0 aromatic heterocycles. The molecule has 0 heterocycles. The van der Waals surface area contributed by atoms with Gasteiger partial charge in [0.15, 0.2) is 5.78 Å². The van der Waals surface area contributed by atoms with E-state index in [1.165, 1.54) is 41.6 Å². The lowest BCUT2D eigenvalue weighted by molar-refractivity contribution is -0.113. The van der Waals surface area contributed by atoms with E-state index in [0.29, 0.717) is 0 Å². The monoisotopic (exact) mass is 430 g/mol. The first kappa shape index (κ1) is 27.4. The molecule has 1 nitrogen and oxygen atoms in total. The lowest BCUT2D eigenvalue weighted by Crippen LogP contribution is -2.19. The van der Waals surface area contributed by atoms with E-state index in [1.807, 2.05) is 44.2 Å². The third-order valence-electron chi connectivity index (χ3n) is 5.86. The molecule has 0 unspecified atom stereocenters. The number of allylic oxidation sites excluding steroid dienone is 18. The third-order valence-corrected chi connectivity index (χ3v) is 5.86. The summed E-state index contributed by atoms with van der Waals surface area (Å²) in [6.45, 7) is 16.7. The molecule has 0 saturated carbocycles. The van der Waals surface area contributed by atoms with Crippen molar-refractivity contribution in [2.24, 2.45) is 5.41 Å². The topological polar surface area (TPSA) is 17.1 Å². The summed E-state index contributed by atoms with van der Waals surface area (Å²) >= 11 is 0. The Bertz CT molecular complexity index is 931. The molecule has 1 aliphatic rings. The molecule has 0 amide bonds. The Kier molecular flexibility index (Phi) is 11.7. The molecule has 0 saturated heterocycles. The Labute approximate surface area is 197 Å². The highest BCUT2D eigenvalue weighted by molar-refractivity contribution is 5.92. The van der Waals surface area contributed by atoms with E-state index in [1.54, 1.807) is 6.92 Å². The highest BCUT2D eigenvalue weighted by Gasteiger charge is 2.26. The van der Waals surface area contributed by atoms with Gasteiger partial charge in [0.1, 0.15) is 0 Å². The van der Waals surface area contributed by atoms with Crippen LogP contribution in [-0.2, 0) is 4.79 Å². The summed E-state index contributed by atoms with van der Waals surface area (Å²) in [5.74, 6) is 0.103. The van der Waals surface area contributed by atoms with Crippen LogP contribution >= 0.6 is 0 Å². The molecule has 0 aromatic carbocycles. The second kappa shape index (κ2) is 13.7. The third kappa shape index (κ3) is 10.6. The van der Waals surface area contributed by atoms with Gasteiger partial charge in [-0.25, -0.2) is 0 Å². The van der Waals surface area contributed by atoms with Crippen molar-refractivity contribution in [3.8, 4) is 0 Å². The van der Waals surface area contributed by atoms with E-state index < -0.39 is 0 Å². The highest BCUT2D eigenvalue weighted by atomic mass is 16.1. The van der Waals surface area contributed by atoms with Crippen molar-refractivity contribution in [3.63, 3.8) is 0 Å². The van der Waals surface area contributed by atoms with Gasteiger partial charge >= 0.3 is 0 Å². The fraction of sp³-hybridized carbons (Fsp3) is 0.387. The van der Waals surface area contributed by atoms with Crippen molar-refractivity contribution in [3.05, 3.63) is 106 Å². The molecule has 1 aliphatic carbocycles. The maximum absolute atomic E-state index is 11.2. The van der Waals surface area contributed by atoms with Gasteiger partial charge in [-0.05, 0) is 77.4 Å². The molecule has 0 radical (unpaired) electrons. The first-order chi connectivity index (χ1) is 15.0. The molecule has 32 heavy (non-hydrogen) atoms. The van der Waals surface area contributed by atoms with Crippen LogP contribution in [-0.4, -0.2) is 5.78 Å². The van der Waals surface area contributed by atoms with Gasteiger partial charge in [-0.2, -0.15) is 0 Å². The number of ketones is 1. The first-order valence-electron chi connectivity index (χ1n) is 11.6. The lowest BCUT2D eigenvalue weighted by atomic mass is 9.72.